The molecule has 5 heteroatoms. The minimum absolute atomic E-state index is 0.0165. The van der Waals surface area contributed by atoms with Crippen LogP contribution in [0.5, 0.6) is 5.75 Å². The summed E-state index contributed by atoms with van der Waals surface area (Å²) in [5, 5.41) is 2.80. The highest BCUT2D eigenvalue weighted by Crippen LogP contribution is 2.49. The highest BCUT2D eigenvalue weighted by atomic mass is 16.5. The van der Waals surface area contributed by atoms with Crippen molar-refractivity contribution < 1.29 is 14.3 Å². The minimum Gasteiger partial charge on any atom is -0.494 e. The normalized spacial score (nSPS) is 21.2. The molecule has 1 spiro atoms. The highest BCUT2D eigenvalue weighted by Gasteiger charge is 2.52. The molecule has 1 N–H and O–H groups in total. The molecule has 5 nitrogen and oxygen atoms in total. The van der Waals surface area contributed by atoms with Gasteiger partial charge in [0.15, 0.2) is 0 Å². The van der Waals surface area contributed by atoms with E-state index in [2.05, 4.69) is 12.2 Å². The Hall–Kier alpha value is -2.04. The van der Waals surface area contributed by atoms with Gasteiger partial charge in [0.25, 0.3) is 5.91 Å². The summed E-state index contributed by atoms with van der Waals surface area (Å²) in [5.74, 6) is 0.798. The molecule has 2 aliphatic rings. The van der Waals surface area contributed by atoms with Gasteiger partial charge in [0.05, 0.1) is 12.5 Å². The Morgan fingerprint density at radius 3 is 2.54 bits per heavy atom. The van der Waals surface area contributed by atoms with Crippen LogP contribution in [0.1, 0.15) is 55.8 Å². The maximum Gasteiger partial charge on any atom is 0.253 e. The van der Waals surface area contributed by atoms with Gasteiger partial charge in [-0.2, -0.15) is 0 Å². The summed E-state index contributed by atoms with van der Waals surface area (Å²) in [5.41, 5.74) is 0.637. The van der Waals surface area contributed by atoms with Crippen LogP contribution in [-0.4, -0.2) is 43.5 Å². The van der Waals surface area contributed by atoms with E-state index in [-0.39, 0.29) is 23.1 Å². The Balaban J connectivity index is 1.69. The van der Waals surface area contributed by atoms with Crippen LogP contribution in [-0.2, 0) is 4.79 Å². The number of ether oxygens (including phenoxy) is 1. The van der Waals surface area contributed by atoms with Crippen LogP contribution in [0.15, 0.2) is 24.3 Å². The van der Waals surface area contributed by atoms with Crippen LogP contribution >= 0.6 is 0 Å². The number of unbranched alkanes of at least 4 members (excludes halogenated alkanes) is 1. The zero-order valence-electron chi connectivity index (χ0n) is 15.9. The van der Waals surface area contributed by atoms with Gasteiger partial charge in [0.2, 0.25) is 5.91 Å². The number of carbonyl (C=O) groups excluding carboxylic acids is 2. The summed E-state index contributed by atoms with van der Waals surface area (Å²) >= 11 is 0. The number of nitrogens with zero attached hydrogens (tertiary/aromatic N) is 1. The number of carbonyl (C=O) groups is 2. The van der Waals surface area contributed by atoms with Crippen LogP contribution in [0.3, 0.4) is 0 Å². The van der Waals surface area contributed by atoms with E-state index in [1.165, 1.54) is 0 Å². The van der Waals surface area contributed by atoms with Gasteiger partial charge in [-0.25, -0.2) is 0 Å². The molecular formula is C21H30N2O3. The van der Waals surface area contributed by atoms with Crippen LogP contribution in [0.25, 0.3) is 0 Å². The molecule has 1 aliphatic carbocycles. The average Bonchev–Trinajstić information content (AvgIpc) is 3.29. The van der Waals surface area contributed by atoms with E-state index in [1.807, 2.05) is 29.2 Å². The van der Waals surface area contributed by atoms with Crippen LogP contribution < -0.4 is 10.1 Å². The standard InChI is InChI=1S/C21H30N2O3/c1-3-4-13-26-17-9-7-16(8-10-17)20(25)23-14-18(19(24)22-2)21(15-23)11-5-6-12-21/h7-10,18H,3-6,11-15H2,1-2H3,(H,22,24)/t18-/m1/s1. The summed E-state index contributed by atoms with van der Waals surface area (Å²) in [6, 6.07) is 7.39. The molecule has 0 bridgehead atoms. The second-order valence-corrected chi connectivity index (χ2v) is 7.65. The topological polar surface area (TPSA) is 58.6 Å². The number of rotatable bonds is 6. The molecule has 26 heavy (non-hydrogen) atoms. The van der Waals surface area contributed by atoms with E-state index in [9.17, 15) is 9.59 Å². The molecule has 1 aromatic rings. The molecule has 142 valence electrons. The molecule has 1 aromatic carbocycles. The van der Waals surface area contributed by atoms with Crippen LogP contribution in [0.4, 0.5) is 0 Å². The van der Waals surface area contributed by atoms with Crippen molar-refractivity contribution in [3.8, 4) is 5.75 Å². The smallest absolute Gasteiger partial charge is 0.253 e. The number of benzene rings is 1. The third-order valence-corrected chi connectivity index (χ3v) is 5.97. The summed E-state index contributed by atoms with van der Waals surface area (Å²) in [4.78, 5) is 27.2. The van der Waals surface area contributed by atoms with Gasteiger partial charge < -0.3 is 15.0 Å². The quantitative estimate of drug-likeness (QED) is 0.794. The summed E-state index contributed by atoms with van der Waals surface area (Å²) in [6.45, 7) is 4.04. The van der Waals surface area contributed by atoms with Gasteiger partial charge in [0.1, 0.15) is 5.75 Å². The Morgan fingerprint density at radius 2 is 1.92 bits per heavy atom. The zero-order chi connectivity index (χ0) is 18.6. The van der Waals surface area contributed by atoms with Crippen molar-refractivity contribution in [1.82, 2.24) is 10.2 Å². The van der Waals surface area contributed by atoms with Gasteiger partial charge in [-0.15, -0.1) is 0 Å². The molecule has 0 aromatic heterocycles. The number of nitrogens with one attached hydrogen (secondary N) is 1. The Bertz CT molecular complexity index is 635. The largest absolute Gasteiger partial charge is 0.494 e. The molecule has 1 atom stereocenters. The van der Waals surface area contributed by atoms with Gasteiger partial charge >= 0.3 is 0 Å². The summed E-state index contributed by atoms with van der Waals surface area (Å²) in [6.07, 6.45) is 6.51. The Labute approximate surface area is 156 Å². The molecule has 2 fully saturated rings. The first-order valence-electron chi connectivity index (χ1n) is 9.83. The highest BCUT2D eigenvalue weighted by molar-refractivity contribution is 5.95. The minimum atomic E-state index is -0.0874. The lowest BCUT2D eigenvalue weighted by molar-refractivity contribution is -0.127. The Kier molecular flexibility index (Phi) is 5.84. The maximum absolute atomic E-state index is 13.0. The lowest BCUT2D eigenvalue weighted by Crippen LogP contribution is -2.38. The molecular weight excluding hydrogens is 328 g/mol. The third kappa shape index (κ3) is 3.71. The monoisotopic (exact) mass is 358 g/mol. The first-order chi connectivity index (χ1) is 12.6. The molecule has 0 radical (unpaired) electrons. The van der Waals surface area contributed by atoms with Gasteiger partial charge in [0, 0.05) is 31.1 Å². The SMILES string of the molecule is CCCCOc1ccc(C(=O)N2C[C@H](C(=O)NC)C3(CCCC3)C2)cc1. The fraction of sp³-hybridized carbons (Fsp3) is 0.619. The molecule has 1 saturated heterocycles. The lowest BCUT2D eigenvalue weighted by Gasteiger charge is -2.28. The molecule has 1 saturated carbocycles. The first kappa shape index (κ1) is 18.7. The first-order valence-corrected chi connectivity index (χ1v) is 9.83. The van der Waals surface area contributed by atoms with E-state index in [4.69, 9.17) is 4.74 Å². The van der Waals surface area contributed by atoms with E-state index in [1.54, 1.807) is 7.05 Å². The van der Waals surface area contributed by atoms with Crippen molar-refractivity contribution in [2.75, 3.05) is 26.7 Å². The lowest BCUT2D eigenvalue weighted by atomic mass is 9.76. The number of likely N-dealkylation sites (tertiary alicyclic amines) is 1. The van der Waals surface area contributed by atoms with Crippen molar-refractivity contribution in [2.24, 2.45) is 11.3 Å². The van der Waals surface area contributed by atoms with Crippen molar-refractivity contribution in [3.63, 3.8) is 0 Å². The zero-order valence-corrected chi connectivity index (χ0v) is 15.9. The second-order valence-electron chi connectivity index (χ2n) is 7.65. The second kappa shape index (κ2) is 8.11. The van der Waals surface area contributed by atoms with Gasteiger partial charge in [-0.3, -0.25) is 9.59 Å². The van der Waals surface area contributed by atoms with Crippen molar-refractivity contribution in [2.45, 2.75) is 45.4 Å². The van der Waals surface area contributed by atoms with Crippen molar-refractivity contribution in [3.05, 3.63) is 29.8 Å². The average molecular weight is 358 g/mol. The van der Waals surface area contributed by atoms with Crippen LogP contribution in [0, 0.1) is 11.3 Å². The van der Waals surface area contributed by atoms with Gasteiger partial charge in [-0.05, 0) is 43.5 Å². The number of hydrogen-bond donors (Lipinski definition) is 1. The molecule has 2 amide bonds. The molecule has 1 aliphatic heterocycles. The van der Waals surface area contributed by atoms with E-state index in [0.29, 0.717) is 25.3 Å². The molecule has 1 heterocycles. The molecule has 0 unspecified atom stereocenters. The predicted octanol–water partition coefficient (Wildman–Crippen LogP) is 3.24. The number of amides is 2. The van der Waals surface area contributed by atoms with E-state index in [0.717, 1.165) is 44.3 Å². The Morgan fingerprint density at radius 1 is 1.23 bits per heavy atom. The van der Waals surface area contributed by atoms with Crippen molar-refractivity contribution in [1.29, 1.82) is 0 Å². The molecule has 3 rings (SSSR count). The van der Waals surface area contributed by atoms with Gasteiger partial charge in [-0.1, -0.05) is 26.2 Å². The van der Waals surface area contributed by atoms with Crippen molar-refractivity contribution >= 4 is 11.8 Å². The summed E-state index contributed by atoms with van der Waals surface area (Å²) < 4.78 is 5.67. The third-order valence-electron chi connectivity index (χ3n) is 5.97. The number of hydrogen-bond acceptors (Lipinski definition) is 3. The maximum atomic E-state index is 13.0. The van der Waals surface area contributed by atoms with E-state index >= 15 is 0 Å². The fourth-order valence-corrected chi connectivity index (χ4v) is 4.46. The van der Waals surface area contributed by atoms with E-state index < -0.39 is 0 Å². The fourth-order valence-electron chi connectivity index (χ4n) is 4.46. The predicted molar refractivity (Wildman–Crippen MR) is 101 cm³/mol. The van der Waals surface area contributed by atoms with Crippen LogP contribution in [0.2, 0.25) is 0 Å². The summed E-state index contributed by atoms with van der Waals surface area (Å²) in [7, 11) is 1.69.